The van der Waals surface area contributed by atoms with Crippen LogP contribution in [0.5, 0.6) is 0 Å². The zero-order valence-corrected chi connectivity index (χ0v) is 19.0. The molecule has 1 aliphatic rings. The van der Waals surface area contributed by atoms with Crippen molar-refractivity contribution >= 4 is 29.9 Å². The van der Waals surface area contributed by atoms with E-state index in [1.807, 2.05) is 12.1 Å². The Labute approximate surface area is 175 Å². The number of aliphatic imine (C=N–C) groups is 1. The first kappa shape index (κ1) is 23.2. The summed E-state index contributed by atoms with van der Waals surface area (Å²) < 4.78 is 5.38. The minimum absolute atomic E-state index is 0. The standard InChI is InChI=1S/C19H35N5O.HI/c1-5-20-19(21-9-8-17-7-6-14-25-17)22-15-18(16(2)3)24-12-10-23(4)11-13-24;/h6-7,14,16,18H,5,8-13,15H2,1-4H3,(H2,20,21,22);1H. The molecule has 0 bridgehead atoms. The summed E-state index contributed by atoms with van der Waals surface area (Å²) in [5, 5.41) is 6.76. The molecule has 7 heteroatoms. The molecule has 1 atom stereocenters. The molecule has 0 radical (unpaired) electrons. The molecule has 150 valence electrons. The second-order valence-electron chi connectivity index (χ2n) is 7.13. The van der Waals surface area contributed by atoms with Crippen molar-refractivity contribution in [1.29, 1.82) is 0 Å². The van der Waals surface area contributed by atoms with Gasteiger partial charge >= 0.3 is 0 Å². The molecule has 1 fully saturated rings. The van der Waals surface area contributed by atoms with Gasteiger partial charge in [0.15, 0.2) is 5.96 Å². The van der Waals surface area contributed by atoms with Gasteiger partial charge in [0.05, 0.1) is 12.8 Å². The summed E-state index contributed by atoms with van der Waals surface area (Å²) in [5.41, 5.74) is 0. The first-order chi connectivity index (χ1) is 12.1. The maximum absolute atomic E-state index is 5.38. The molecule has 1 saturated heterocycles. The molecule has 2 rings (SSSR count). The lowest BCUT2D eigenvalue weighted by Gasteiger charge is -2.39. The zero-order valence-electron chi connectivity index (χ0n) is 16.7. The van der Waals surface area contributed by atoms with Gasteiger partial charge in [-0.2, -0.15) is 0 Å². The summed E-state index contributed by atoms with van der Waals surface area (Å²) in [7, 11) is 2.20. The minimum atomic E-state index is 0. The number of halogens is 1. The molecule has 0 aliphatic carbocycles. The molecule has 2 N–H and O–H groups in total. The van der Waals surface area contributed by atoms with Crippen LogP contribution in [0.2, 0.25) is 0 Å². The fourth-order valence-electron chi connectivity index (χ4n) is 3.19. The van der Waals surface area contributed by atoms with Crippen molar-refractivity contribution in [1.82, 2.24) is 20.4 Å². The molecule has 0 saturated carbocycles. The van der Waals surface area contributed by atoms with Crippen LogP contribution >= 0.6 is 24.0 Å². The summed E-state index contributed by atoms with van der Waals surface area (Å²) in [4.78, 5) is 9.85. The normalized spacial score (nSPS) is 17.8. The van der Waals surface area contributed by atoms with Crippen LogP contribution in [0, 0.1) is 5.92 Å². The van der Waals surface area contributed by atoms with Crippen LogP contribution in [0.25, 0.3) is 0 Å². The van der Waals surface area contributed by atoms with Gasteiger partial charge in [0, 0.05) is 51.7 Å². The Kier molecular flexibility index (Phi) is 11.2. The van der Waals surface area contributed by atoms with Crippen molar-refractivity contribution in [3.05, 3.63) is 24.2 Å². The van der Waals surface area contributed by atoms with Crippen LogP contribution in [-0.4, -0.2) is 74.7 Å². The van der Waals surface area contributed by atoms with Gasteiger partial charge in [-0.05, 0) is 32.0 Å². The average Bonchev–Trinajstić information content (AvgIpc) is 3.09. The number of guanidine groups is 1. The molecule has 26 heavy (non-hydrogen) atoms. The van der Waals surface area contributed by atoms with Crippen molar-refractivity contribution in [3.8, 4) is 0 Å². The van der Waals surface area contributed by atoms with Gasteiger partial charge in [0.25, 0.3) is 0 Å². The second kappa shape index (κ2) is 12.6. The third kappa shape index (κ3) is 7.84. The van der Waals surface area contributed by atoms with E-state index in [2.05, 4.69) is 48.3 Å². The lowest BCUT2D eigenvalue weighted by atomic mass is 10.0. The number of hydrogen-bond acceptors (Lipinski definition) is 4. The average molecular weight is 477 g/mol. The summed E-state index contributed by atoms with van der Waals surface area (Å²) >= 11 is 0. The Balaban J connectivity index is 0.00000338. The van der Waals surface area contributed by atoms with Gasteiger partial charge in [-0.3, -0.25) is 9.89 Å². The van der Waals surface area contributed by atoms with Gasteiger partial charge in [-0.1, -0.05) is 13.8 Å². The summed E-state index contributed by atoms with van der Waals surface area (Å²) in [5.74, 6) is 2.49. The number of likely N-dealkylation sites (N-methyl/N-ethyl adjacent to an activating group) is 1. The highest BCUT2D eigenvalue weighted by Gasteiger charge is 2.24. The van der Waals surface area contributed by atoms with Crippen molar-refractivity contribution in [2.75, 3.05) is 52.9 Å². The van der Waals surface area contributed by atoms with E-state index in [4.69, 9.17) is 9.41 Å². The fourth-order valence-corrected chi connectivity index (χ4v) is 3.19. The van der Waals surface area contributed by atoms with E-state index < -0.39 is 0 Å². The topological polar surface area (TPSA) is 56.0 Å². The number of nitrogens with zero attached hydrogens (tertiary/aromatic N) is 3. The third-order valence-electron chi connectivity index (χ3n) is 4.80. The molecule has 1 unspecified atom stereocenters. The first-order valence-corrected chi connectivity index (χ1v) is 9.57. The number of furan rings is 1. The van der Waals surface area contributed by atoms with Crippen LogP contribution in [0.3, 0.4) is 0 Å². The first-order valence-electron chi connectivity index (χ1n) is 9.57. The second-order valence-corrected chi connectivity index (χ2v) is 7.13. The van der Waals surface area contributed by atoms with Gasteiger partial charge in [0.1, 0.15) is 5.76 Å². The van der Waals surface area contributed by atoms with E-state index in [-0.39, 0.29) is 24.0 Å². The highest BCUT2D eigenvalue weighted by molar-refractivity contribution is 14.0. The Bertz CT molecular complexity index is 498. The predicted octanol–water partition coefficient (Wildman–Crippen LogP) is 2.27. The predicted molar refractivity (Wildman–Crippen MR) is 120 cm³/mol. The molecule has 6 nitrogen and oxygen atoms in total. The Morgan fingerprint density at radius 3 is 2.54 bits per heavy atom. The monoisotopic (exact) mass is 477 g/mol. The Hall–Kier alpha value is -0.800. The van der Waals surface area contributed by atoms with E-state index in [1.165, 1.54) is 0 Å². The van der Waals surface area contributed by atoms with Crippen molar-refractivity contribution < 1.29 is 4.42 Å². The van der Waals surface area contributed by atoms with Crippen molar-refractivity contribution in [2.45, 2.75) is 33.2 Å². The molecule has 0 spiro atoms. The molecular formula is C19H36IN5O. The lowest BCUT2D eigenvalue weighted by molar-refractivity contribution is 0.0925. The Morgan fingerprint density at radius 2 is 1.96 bits per heavy atom. The maximum Gasteiger partial charge on any atom is 0.191 e. The molecular weight excluding hydrogens is 441 g/mol. The molecule has 1 aliphatic heterocycles. The third-order valence-corrected chi connectivity index (χ3v) is 4.80. The number of rotatable bonds is 8. The summed E-state index contributed by atoms with van der Waals surface area (Å²) in [6.07, 6.45) is 2.58. The summed E-state index contributed by atoms with van der Waals surface area (Å²) in [6, 6.07) is 4.43. The summed E-state index contributed by atoms with van der Waals surface area (Å²) in [6.45, 7) is 13.8. The van der Waals surface area contributed by atoms with Crippen LogP contribution in [0.1, 0.15) is 26.5 Å². The molecule has 2 heterocycles. The van der Waals surface area contributed by atoms with E-state index in [1.54, 1.807) is 6.26 Å². The van der Waals surface area contributed by atoms with Gasteiger partial charge in [-0.15, -0.1) is 24.0 Å². The van der Waals surface area contributed by atoms with Gasteiger partial charge in [0.2, 0.25) is 0 Å². The highest BCUT2D eigenvalue weighted by Crippen LogP contribution is 2.14. The SMILES string of the molecule is CCNC(=NCC(C(C)C)N1CCN(C)CC1)NCCc1ccco1.I. The maximum atomic E-state index is 5.38. The number of nitrogens with one attached hydrogen (secondary N) is 2. The van der Waals surface area contributed by atoms with Crippen molar-refractivity contribution in [2.24, 2.45) is 10.9 Å². The number of hydrogen-bond donors (Lipinski definition) is 2. The smallest absolute Gasteiger partial charge is 0.191 e. The van der Waals surface area contributed by atoms with Crippen molar-refractivity contribution in [3.63, 3.8) is 0 Å². The lowest BCUT2D eigenvalue weighted by Crippen LogP contribution is -2.52. The van der Waals surface area contributed by atoms with E-state index >= 15 is 0 Å². The van der Waals surface area contributed by atoms with Crippen LogP contribution in [0.15, 0.2) is 27.8 Å². The highest BCUT2D eigenvalue weighted by atomic mass is 127. The quantitative estimate of drug-likeness (QED) is 0.342. The van der Waals surface area contributed by atoms with Crippen LogP contribution in [-0.2, 0) is 6.42 Å². The van der Waals surface area contributed by atoms with E-state index in [0.717, 1.165) is 64.0 Å². The number of piperazine rings is 1. The van der Waals surface area contributed by atoms with Gasteiger partial charge in [-0.25, -0.2) is 0 Å². The van der Waals surface area contributed by atoms with Gasteiger partial charge < -0.3 is 20.0 Å². The van der Waals surface area contributed by atoms with Crippen LogP contribution in [0.4, 0.5) is 0 Å². The Morgan fingerprint density at radius 1 is 1.23 bits per heavy atom. The molecule has 0 amide bonds. The van der Waals surface area contributed by atoms with Crippen LogP contribution < -0.4 is 10.6 Å². The minimum Gasteiger partial charge on any atom is -0.469 e. The fraction of sp³-hybridized carbons (Fsp3) is 0.737. The molecule has 0 aromatic carbocycles. The van der Waals surface area contributed by atoms with E-state index in [9.17, 15) is 0 Å². The zero-order chi connectivity index (χ0) is 18.1. The van der Waals surface area contributed by atoms with E-state index in [0.29, 0.717) is 12.0 Å². The molecule has 1 aromatic heterocycles. The molecule has 1 aromatic rings. The largest absolute Gasteiger partial charge is 0.469 e.